The molecule has 1 atom stereocenters. The number of carbonyl (C=O) groups excluding carboxylic acids is 1. The smallest absolute Gasteiger partial charge is 0.271 e. The van der Waals surface area contributed by atoms with Crippen LogP contribution in [-0.2, 0) is 13.0 Å². The van der Waals surface area contributed by atoms with E-state index in [4.69, 9.17) is 9.47 Å². The predicted octanol–water partition coefficient (Wildman–Crippen LogP) is 3.77. The number of pyridine rings is 1. The highest BCUT2D eigenvalue weighted by molar-refractivity contribution is 6.03. The number of nitrogens with zero attached hydrogens (tertiary/aromatic N) is 2. The summed E-state index contributed by atoms with van der Waals surface area (Å²) in [5, 5.41) is 20.4. The minimum absolute atomic E-state index is 0.0550. The Morgan fingerprint density at radius 2 is 1.76 bits per heavy atom. The molecule has 0 fully saturated rings. The summed E-state index contributed by atoms with van der Waals surface area (Å²) in [6, 6.07) is 14.2. The zero-order chi connectivity index (χ0) is 24.1. The van der Waals surface area contributed by atoms with Crippen molar-refractivity contribution >= 4 is 5.78 Å². The van der Waals surface area contributed by atoms with Crippen molar-refractivity contribution in [3.63, 3.8) is 0 Å². The van der Waals surface area contributed by atoms with E-state index in [9.17, 15) is 24.3 Å². The first-order valence-electron chi connectivity index (χ1n) is 10.2. The van der Waals surface area contributed by atoms with Crippen molar-refractivity contribution in [3.8, 4) is 23.4 Å². The molecule has 2 aromatic carbocycles. The number of aromatic nitrogens is 1. The molecule has 0 amide bonds. The molecular weight excluding hydrogens is 427 g/mol. The van der Waals surface area contributed by atoms with Crippen LogP contribution in [0.1, 0.15) is 34.0 Å². The molecule has 1 unspecified atom stereocenters. The predicted molar refractivity (Wildman–Crippen MR) is 119 cm³/mol. The number of benzene rings is 2. The van der Waals surface area contributed by atoms with Crippen molar-refractivity contribution in [1.82, 2.24) is 4.57 Å². The Bertz CT molecular complexity index is 1260. The molecular formula is C25H23FN2O5. The van der Waals surface area contributed by atoms with Crippen molar-refractivity contribution < 1.29 is 23.8 Å². The molecule has 0 aliphatic carbocycles. The van der Waals surface area contributed by atoms with Crippen LogP contribution < -0.4 is 15.0 Å². The summed E-state index contributed by atoms with van der Waals surface area (Å²) in [6.45, 7) is 2.97. The quantitative estimate of drug-likeness (QED) is 0.524. The van der Waals surface area contributed by atoms with Gasteiger partial charge in [0.05, 0.1) is 12.7 Å². The number of ketones is 1. The van der Waals surface area contributed by atoms with Gasteiger partial charge in [0.25, 0.3) is 5.56 Å². The van der Waals surface area contributed by atoms with E-state index in [0.29, 0.717) is 12.2 Å². The van der Waals surface area contributed by atoms with Gasteiger partial charge in [0, 0.05) is 6.54 Å². The molecule has 0 spiro atoms. The number of nitriles is 1. The molecule has 33 heavy (non-hydrogen) atoms. The zero-order valence-corrected chi connectivity index (χ0v) is 18.5. The Hall–Kier alpha value is -4.12. The summed E-state index contributed by atoms with van der Waals surface area (Å²) in [4.78, 5) is 25.9. The Morgan fingerprint density at radius 3 is 2.33 bits per heavy atom. The first-order chi connectivity index (χ1) is 15.8. The average Bonchev–Trinajstić information content (AvgIpc) is 2.81. The van der Waals surface area contributed by atoms with Crippen LogP contribution in [0.3, 0.4) is 0 Å². The van der Waals surface area contributed by atoms with Gasteiger partial charge in [-0.05, 0) is 67.8 Å². The van der Waals surface area contributed by atoms with Gasteiger partial charge in [0.2, 0.25) is 11.7 Å². The van der Waals surface area contributed by atoms with Crippen LogP contribution in [0.5, 0.6) is 17.4 Å². The number of hydrogen-bond acceptors (Lipinski definition) is 6. The molecule has 1 N–H and O–H groups in total. The maximum Gasteiger partial charge on any atom is 0.271 e. The number of aryl methyl sites for hydroxylation is 1. The third kappa shape index (κ3) is 5.04. The molecule has 1 heterocycles. The lowest BCUT2D eigenvalue weighted by molar-refractivity contribution is 0.0812. The lowest BCUT2D eigenvalue weighted by atomic mass is 9.99. The van der Waals surface area contributed by atoms with Crippen LogP contribution >= 0.6 is 0 Å². The van der Waals surface area contributed by atoms with E-state index in [1.807, 2.05) is 18.2 Å². The fourth-order valence-electron chi connectivity index (χ4n) is 3.46. The third-order valence-electron chi connectivity index (χ3n) is 5.33. The molecule has 0 aliphatic rings. The molecule has 0 saturated carbocycles. The second kappa shape index (κ2) is 10.0. The summed E-state index contributed by atoms with van der Waals surface area (Å²) in [7, 11) is 1.56. The lowest BCUT2D eigenvalue weighted by Crippen LogP contribution is -2.31. The van der Waals surface area contributed by atoms with Crippen LogP contribution in [-0.4, -0.2) is 28.7 Å². The largest absolute Gasteiger partial charge is 0.497 e. The van der Waals surface area contributed by atoms with Crippen molar-refractivity contribution in [2.75, 3.05) is 7.11 Å². The van der Waals surface area contributed by atoms with Gasteiger partial charge < -0.3 is 14.6 Å². The van der Waals surface area contributed by atoms with Gasteiger partial charge in [0.15, 0.2) is 6.10 Å². The number of Topliss-reactive ketones (excluding diaryl/α,β-unsaturated/α-hetero) is 1. The van der Waals surface area contributed by atoms with Crippen LogP contribution in [0.2, 0.25) is 0 Å². The van der Waals surface area contributed by atoms with Gasteiger partial charge >= 0.3 is 0 Å². The summed E-state index contributed by atoms with van der Waals surface area (Å²) < 4.78 is 24.9. The number of aromatic hydroxyl groups is 1. The van der Waals surface area contributed by atoms with Crippen LogP contribution in [0, 0.1) is 24.1 Å². The van der Waals surface area contributed by atoms with Crippen molar-refractivity contribution in [2.24, 2.45) is 0 Å². The van der Waals surface area contributed by atoms with E-state index in [1.54, 1.807) is 19.2 Å². The molecule has 0 radical (unpaired) electrons. The van der Waals surface area contributed by atoms with E-state index in [2.05, 4.69) is 0 Å². The molecule has 3 rings (SSSR count). The van der Waals surface area contributed by atoms with Gasteiger partial charge in [0.1, 0.15) is 28.9 Å². The van der Waals surface area contributed by atoms with Crippen molar-refractivity contribution in [1.29, 1.82) is 5.26 Å². The minimum atomic E-state index is -1.06. The van der Waals surface area contributed by atoms with Gasteiger partial charge in [-0.3, -0.25) is 14.2 Å². The first kappa shape index (κ1) is 23.5. The van der Waals surface area contributed by atoms with Crippen LogP contribution in [0.4, 0.5) is 4.39 Å². The van der Waals surface area contributed by atoms with E-state index in [1.165, 1.54) is 38.1 Å². The fourth-order valence-corrected chi connectivity index (χ4v) is 3.46. The SMILES string of the molecule is COc1ccc(CCn2c(O)c(C(=O)C(C)Oc3ccc(F)cc3)c(C)c(C#N)c2=O)cc1. The van der Waals surface area contributed by atoms with Gasteiger partial charge in [-0.1, -0.05) is 12.1 Å². The molecule has 170 valence electrons. The van der Waals surface area contributed by atoms with Crippen LogP contribution in [0.25, 0.3) is 0 Å². The maximum atomic E-state index is 13.1. The number of methoxy groups -OCH3 is 1. The van der Waals surface area contributed by atoms with Gasteiger partial charge in [-0.2, -0.15) is 5.26 Å². The van der Waals surface area contributed by atoms with Crippen molar-refractivity contribution in [2.45, 2.75) is 32.9 Å². The molecule has 0 bridgehead atoms. The van der Waals surface area contributed by atoms with E-state index >= 15 is 0 Å². The average molecular weight is 450 g/mol. The number of ether oxygens (including phenoxy) is 2. The number of carbonyl (C=O) groups is 1. The fraction of sp³-hybridized carbons (Fsp3) is 0.240. The summed E-state index contributed by atoms with van der Waals surface area (Å²) >= 11 is 0. The molecule has 3 aromatic rings. The third-order valence-corrected chi connectivity index (χ3v) is 5.33. The van der Waals surface area contributed by atoms with Gasteiger partial charge in [-0.15, -0.1) is 0 Å². The minimum Gasteiger partial charge on any atom is -0.497 e. The second-order valence-electron chi connectivity index (χ2n) is 7.44. The number of hydrogen-bond donors (Lipinski definition) is 1. The highest BCUT2D eigenvalue weighted by atomic mass is 19.1. The topological polar surface area (TPSA) is 102 Å². The number of halogens is 1. The van der Waals surface area contributed by atoms with E-state index in [0.717, 1.165) is 10.1 Å². The lowest BCUT2D eigenvalue weighted by Gasteiger charge is -2.19. The summed E-state index contributed by atoms with van der Waals surface area (Å²) in [5.41, 5.74) is -0.0950. The maximum absolute atomic E-state index is 13.1. The Morgan fingerprint density at radius 1 is 1.15 bits per heavy atom. The molecule has 7 nitrogen and oxygen atoms in total. The molecule has 1 aromatic heterocycles. The highest BCUT2D eigenvalue weighted by Gasteiger charge is 2.28. The summed E-state index contributed by atoms with van der Waals surface area (Å²) in [6.07, 6.45) is -0.681. The zero-order valence-electron chi connectivity index (χ0n) is 18.5. The van der Waals surface area contributed by atoms with E-state index < -0.39 is 29.1 Å². The Kier molecular flexibility index (Phi) is 7.13. The van der Waals surface area contributed by atoms with Gasteiger partial charge in [-0.25, -0.2) is 4.39 Å². The van der Waals surface area contributed by atoms with Crippen LogP contribution in [0.15, 0.2) is 53.3 Å². The normalized spacial score (nSPS) is 11.5. The highest BCUT2D eigenvalue weighted by Crippen LogP contribution is 2.25. The molecule has 0 aliphatic heterocycles. The standard InChI is InChI=1S/C25H23FN2O5/c1-15-21(14-27)24(30)28(13-12-17-4-8-19(32-3)9-5-17)25(31)22(15)23(29)16(2)33-20-10-6-18(26)7-11-20/h4-11,16,31H,12-13H2,1-3H3. The second-order valence-corrected chi connectivity index (χ2v) is 7.44. The molecule has 8 heteroatoms. The Balaban J connectivity index is 1.93. The first-order valence-corrected chi connectivity index (χ1v) is 10.2. The monoisotopic (exact) mass is 450 g/mol. The number of rotatable bonds is 8. The molecule has 0 saturated heterocycles. The Labute approximate surface area is 190 Å². The van der Waals surface area contributed by atoms with Crippen molar-refractivity contribution in [3.05, 3.63) is 87.0 Å². The summed E-state index contributed by atoms with van der Waals surface area (Å²) in [5.74, 6) is -0.627. The van der Waals surface area contributed by atoms with E-state index in [-0.39, 0.29) is 29.0 Å².